The third-order valence-corrected chi connectivity index (χ3v) is 6.38. The summed E-state index contributed by atoms with van der Waals surface area (Å²) >= 11 is 1.34. The zero-order valence-corrected chi connectivity index (χ0v) is 18.1. The molecule has 1 aliphatic heterocycles. The zero-order chi connectivity index (χ0) is 21.9. The maximum atomic E-state index is 13.2. The minimum atomic E-state index is -0.310. The van der Waals surface area contributed by atoms with Crippen molar-refractivity contribution in [2.75, 3.05) is 5.32 Å². The Morgan fingerprint density at radius 3 is 2.84 bits per heavy atom. The Morgan fingerprint density at radius 2 is 2.09 bits per heavy atom. The second kappa shape index (κ2) is 8.96. The van der Waals surface area contributed by atoms with Crippen LogP contribution in [0.25, 0.3) is 6.08 Å². The van der Waals surface area contributed by atoms with E-state index in [4.69, 9.17) is 13.9 Å². The van der Waals surface area contributed by atoms with Gasteiger partial charge in [-0.05, 0) is 55.2 Å². The number of thiazole rings is 1. The van der Waals surface area contributed by atoms with Gasteiger partial charge in [0.15, 0.2) is 5.13 Å². The van der Waals surface area contributed by atoms with Crippen LogP contribution in [0.5, 0.6) is 0 Å². The highest BCUT2D eigenvalue weighted by Crippen LogP contribution is 2.44. The number of nitrogens with one attached hydrogen (secondary N) is 1. The van der Waals surface area contributed by atoms with E-state index in [2.05, 4.69) is 10.3 Å². The molecule has 1 N–H and O–H groups in total. The van der Waals surface area contributed by atoms with E-state index in [0.717, 1.165) is 36.3 Å². The van der Waals surface area contributed by atoms with Crippen LogP contribution < -0.4 is 5.32 Å². The van der Waals surface area contributed by atoms with E-state index in [1.165, 1.54) is 16.3 Å². The molecule has 2 amide bonds. The number of anilines is 1. The molecule has 0 aromatic carbocycles. The molecule has 0 saturated heterocycles. The maximum absolute atomic E-state index is 13.2. The molecule has 0 spiro atoms. The summed E-state index contributed by atoms with van der Waals surface area (Å²) in [5, 5.41) is 11.3. The highest BCUT2D eigenvalue weighted by molar-refractivity contribution is 7.13. The first-order chi connectivity index (χ1) is 15.7. The normalized spacial score (nSPS) is 21.4. The van der Waals surface area contributed by atoms with E-state index in [1.54, 1.807) is 24.1 Å². The number of rotatable bonds is 6. The highest BCUT2D eigenvalue weighted by atomic mass is 32.1. The van der Waals surface area contributed by atoms with Gasteiger partial charge >= 0.3 is 0 Å². The smallest absolute Gasteiger partial charge is 0.243 e. The Bertz CT molecular complexity index is 1130. The molecule has 0 radical (unpaired) electrons. The van der Waals surface area contributed by atoms with Crippen molar-refractivity contribution in [2.24, 2.45) is 11.0 Å². The lowest BCUT2D eigenvalue weighted by molar-refractivity contribution is -0.135. The third-order valence-electron chi connectivity index (χ3n) is 5.70. The summed E-state index contributed by atoms with van der Waals surface area (Å²) in [5.74, 6) is 1.06. The van der Waals surface area contributed by atoms with Crippen molar-refractivity contribution in [1.82, 2.24) is 9.99 Å². The largest absolute Gasteiger partial charge is 0.467 e. The molecule has 3 aromatic rings. The molecule has 0 bridgehead atoms. The third kappa shape index (κ3) is 4.16. The lowest BCUT2D eigenvalue weighted by Gasteiger charge is -2.27. The van der Waals surface area contributed by atoms with Gasteiger partial charge in [-0.3, -0.25) is 9.59 Å². The van der Waals surface area contributed by atoms with Gasteiger partial charge in [0.05, 0.1) is 18.2 Å². The molecule has 5 rings (SSSR count). The van der Waals surface area contributed by atoms with Crippen LogP contribution in [-0.2, 0) is 9.59 Å². The molecular weight excluding hydrogens is 428 g/mol. The van der Waals surface area contributed by atoms with Gasteiger partial charge in [-0.15, -0.1) is 11.3 Å². The summed E-state index contributed by atoms with van der Waals surface area (Å²) in [4.78, 5) is 29.4. The number of aromatic nitrogens is 1. The van der Waals surface area contributed by atoms with E-state index in [0.29, 0.717) is 10.9 Å². The molecule has 8 nitrogen and oxygen atoms in total. The Hall–Kier alpha value is -3.46. The number of furan rings is 2. The van der Waals surface area contributed by atoms with Gasteiger partial charge in [0.1, 0.15) is 17.6 Å². The lowest BCUT2D eigenvalue weighted by Crippen LogP contribution is -2.32. The Morgan fingerprint density at radius 1 is 1.22 bits per heavy atom. The van der Waals surface area contributed by atoms with Crippen molar-refractivity contribution in [1.29, 1.82) is 0 Å². The van der Waals surface area contributed by atoms with Gasteiger partial charge in [-0.1, -0.05) is 0 Å². The molecule has 2 aliphatic rings. The second-order valence-corrected chi connectivity index (χ2v) is 8.65. The van der Waals surface area contributed by atoms with E-state index in [1.807, 2.05) is 30.3 Å². The van der Waals surface area contributed by atoms with Gasteiger partial charge in [0, 0.05) is 30.3 Å². The molecule has 164 valence electrons. The quantitative estimate of drug-likeness (QED) is 0.577. The van der Waals surface area contributed by atoms with Crippen molar-refractivity contribution in [3.63, 3.8) is 0 Å². The minimum absolute atomic E-state index is 0.0456. The minimum Gasteiger partial charge on any atom is -0.467 e. The number of carbonyl (C=O) groups is 2. The highest BCUT2D eigenvalue weighted by Gasteiger charge is 2.45. The molecule has 2 unspecified atom stereocenters. The summed E-state index contributed by atoms with van der Waals surface area (Å²) in [6.45, 7) is 0. The van der Waals surface area contributed by atoms with Crippen molar-refractivity contribution < 1.29 is 18.4 Å². The predicted octanol–water partition coefficient (Wildman–Crippen LogP) is 4.87. The molecular formula is C23H22N4O4S. The average Bonchev–Trinajstić information content (AvgIpc) is 3.59. The number of hydrogen-bond acceptors (Lipinski definition) is 7. The summed E-state index contributed by atoms with van der Waals surface area (Å²) < 4.78 is 11.2. The second-order valence-electron chi connectivity index (χ2n) is 7.75. The standard InChI is InChI=1S/C23H22N4O4S/c28-19(25-23-24-10-13-32-23)8-9-20(29)27-22(18-7-3-12-31-18)17-6-1-4-15(21(17)26-27)14-16-5-2-11-30-16/h2-3,5,7,10-14,17,22H,1,4,6,8-9H2,(H,24,25,28). The number of hydrazone groups is 1. The van der Waals surface area contributed by atoms with E-state index >= 15 is 0 Å². The first kappa shape index (κ1) is 20.4. The Balaban J connectivity index is 1.37. The van der Waals surface area contributed by atoms with Crippen LogP contribution in [0.15, 0.2) is 67.9 Å². The van der Waals surface area contributed by atoms with Crippen LogP contribution in [0.4, 0.5) is 5.13 Å². The van der Waals surface area contributed by atoms with Crippen LogP contribution >= 0.6 is 11.3 Å². The molecule has 1 saturated carbocycles. The fourth-order valence-corrected chi connectivity index (χ4v) is 4.84. The zero-order valence-electron chi connectivity index (χ0n) is 17.3. The number of nitrogens with zero attached hydrogens (tertiary/aromatic N) is 3. The van der Waals surface area contributed by atoms with E-state index in [9.17, 15) is 9.59 Å². The fourth-order valence-electron chi connectivity index (χ4n) is 4.29. The summed E-state index contributed by atoms with van der Waals surface area (Å²) in [5.41, 5.74) is 1.97. The van der Waals surface area contributed by atoms with Crippen molar-refractivity contribution >= 4 is 40.1 Å². The predicted molar refractivity (Wildman–Crippen MR) is 120 cm³/mol. The summed E-state index contributed by atoms with van der Waals surface area (Å²) in [6.07, 6.45) is 9.76. The topological polar surface area (TPSA) is 101 Å². The van der Waals surface area contributed by atoms with Gasteiger partial charge in [0.2, 0.25) is 11.8 Å². The SMILES string of the molecule is O=C(CCC(=O)N1N=C2C(=Cc3ccco3)CCCC2C1c1ccco1)Nc1nccs1. The van der Waals surface area contributed by atoms with Crippen LogP contribution in [0.3, 0.4) is 0 Å². The molecule has 32 heavy (non-hydrogen) atoms. The monoisotopic (exact) mass is 450 g/mol. The number of hydrogen-bond donors (Lipinski definition) is 1. The Labute approximate surface area is 188 Å². The summed E-state index contributed by atoms with van der Waals surface area (Å²) in [6, 6.07) is 7.14. The van der Waals surface area contributed by atoms with Crippen molar-refractivity contribution in [2.45, 2.75) is 38.1 Å². The number of carbonyl (C=O) groups excluding carboxylic acids is 2. The molecule has 1 aliphatic carbocycles. The number of allylic oxidation sites excluding steroid dienone is 1. The molecule has 2 atom stereocenters. The molecule has 9 heteroatoms. The molecule has 3 aromatic heterocycles. The van der Waals surface area contributed by atoms with Crippen molar-refractivity contribution in [3.8, 4) is 0 Å². The van der Waals surface area contributed by atoms with Crippen LogP contribution in [0.1, 0.15) is 49.7 Å². The van der Waals surface area contributed by atoms with Crippen LogP contribution in [0, 0.1) is 5.92 Å². The lowest BCUT2D eigenvalue weighted by atomic mass is 9.79. The van der Waals surface area contributed by atoms with Gasteiger partial charge in [-0.2, -0.15) is 5.10 Å². The van der Waals surface area contributed by atoms with Gasteiger partial charge in [-0.25, -0.2) is 9.99 Å². The maximum Gasteiger partial charge on any atom is 0.243 e. The molecule has 4 heterocycles. The van der Waals surface area contributed by atoms with Crippen molar-refractivity contribution in [3.05, 3.63) is 65.5 Å². The number of fused-ring (bicyclic) bond motifs is 1. The van der Waals surface area contributed by atoms with Crippen LogP contribution in [0.2, 0.25) is 0 Å². The first-order valence-electron chi connectivity index (χ1n) is 10.6. The van der Waals surface area contributed by atoms with Gasteiger partial charge < -0.3 is 14.2 Å². The van der Waals surface area contributed by atoms with Crippen LogP contribution in [-0.4, -0.2) is 27.5 Å². The Kier molecular flexibility index (Phi) is 5.72. The van der Waals surface area contributed by atoms with Gasteiger partial charge in [0.25, 0.3) is 0 Å². The van der Waals surface area contributed by atoms with E-state index in [-0.39, 0.29) is 36.6 Å². The molecule has 1 fully saturated rings. The number of amides is 2. The van der Waals surface area contributed by atoms with E-state index < -0.39 is 0 Å². The first-order valence-corrected chi connectivity index (χ1v) is 11.4. The average molecular weight is 451 g/mol. The fraction of sp³-hybridized carbons (Fsp3) is 0.304. The summed E-state index contributed by atoms with van der Waals surface area (Å²) in [7, 11) is 0.